The van der Waals surface area contributed by atoms with Crippen molar-refractivity contribution in [3.05, 3.63) is 41.6 Å². The highest BCUT2D eigenvalue weighted by Gasteiger charge is 2.72. The lowest BCUT2D eigenvalue weighted by atomic mass is 9.79. The quantitative estimate of drug-likeness (QED) is 0.504. The second kappa shape index (κ2) is 9.39. The van der Waals surface area contributed by atoms with E-state index >= 15 is 0 Å². The van der Waals surface area contributed by atoms with Gasteiger partial charge in [0.15, 0.2) is 0 Å². The van der Waals surface area contributed by atoms with E-state index in [2.05, 4.69) is 33.5 Å². The zero-order valence-electron chi connectivity index (χ0n) is 25.0. The average Bonchev–Trinajstić information content (AvgIpc) is 3.65. The van der Waals surface area contributed by atoms with Crippen LogP contribution in [0.5, 0.6) is 0 Å². The number of aromatic nitrogens is 1. The molecule has 1 aliphatic carbocycles. The van der Waals surface area contributed by atoms with Crippen molar-refractivity contribution in [2.45, 2.75) is 83.1 Å². The molecule has 3 fully saturated rings. The Bertz CT molecular complexity index is 1510. The minimum atomic E-state index is -2.00. The number of piperazine rings is 1. The van der Waals surface area contributed by atoms with Gasteiger partial charge in [0.2, 0.25) is 17.5 Å². The molecule has 1 aromatic carbocycles. The van der Waals surface area contributed by atoms with E-state index in [0.29, 0.717) is 25.9 Å². The number of hydrogen-bond acceptors (Lipinski definition) is 6. The van der Waals surface area contributed by atoms with Gasteiger partial charge in [-0.3, -0.25) is 28.9 Å². The van der Waals surface area contributed by atoms with Crippen molar-refractivity contribution in [1.29, 1.82) is 0 Å². The molecular weight excluding hydrogens is 534 g/mol. The van der Waals surface area contributed by atoms with E-state index in [9.17, 15) is 19.5 Å². The number of rotatable bonds is 5. The molecule has 0 spiro atoms. The zero-order valence-corrected chi connectivity index (χ0v) is 25.0. The van der Waals surface area contributed by atoms with E-state index < -0.39 is 41.5 Å². The number of nitrogens with zero attached hydrogens (tertiary/aromatic N) is 3. The van der Waals surface area contributed by atoms with Crippen LogP contribution in [-0.4, -0.2) is 92.4 Å². The molecule has 3 N–H and O–H groups in total. The highest BCUT2D eigenvalue weighted by Crippen LogP contribution is 2.48. The number of likely N-dealkylation sites (N-methyl/N-ethyl adjacent to an activating group) is 1. The highest BCUT2D eigenvalue weighted by atomic mass is 16.7. The molecule has 4 aliphatic heterocycles. The number of carbonyl (C=O) groups excluding carboxylic acids is 3. The number of nitrogens with one attached hydrogen (secondary N) is 2. The van der Waals surface area contributed by atoms with Gasteiger partial charge in [0.1, 0.15) is 12.1 Å². The van der Waals surface area contributed by atoms with Crippen LogP contribution in [0.3, 0.4) is 0 Å². The third-order valence-corrected chi connectivity index (χ3v) is 10.2. The van der Waals surface area contributed by atoms with Crippen LogP contribution in [-0.2, 0) is 25.5 Å². The number of fused-ring (bicyclic) bond motifs is 5. The summed E-state index contributed by atoms with van der Waals surface area (Å²) in [7, 11) is 2.03. The van der Waals surface area contributed by atoms with E-state index in [1.54, 1.807) is 4.90 Å². The van der Waals surface area contributed by atoms with Gasteiger partial charge < -0.3 is 20.3 Å². The van der Waals surface area contributed by atoms with Crippen molar-refractivity contribution >= 4 is 34.2 Å². The normalized spacial score (nSPS) is 34.2. The Hall–Kier alpha value is -3.21. The number of aliphatic hydroxyl groups is 1. The number of amides is 3. The van der Waals surface area contributed by atoms with Crippen LogP contribution in [0.2, 0.25) is 0 Å². The smallest absolute Gasteiger partial charge is 0.281 e. The fourth-order valence-corrected chi connectivity index (χ4v) is 8.10. The first kappa shape index (κ1) is 27.6. The summed E-state index contributed by atoms with van der Waals surface area (Å²) in [5.74, 6) is -3.97. The molecular formula is C32H41N5O5. The van der Waals surface area contributed by atoms with Crippen molar-refractivity contribution in [1.82, 2.24) is 25.0 Å². The third-order valence-electron chi connectivity index (χ3n) is 10.2. The summed E-state index contributed by atoms with van der Waals surface area (Å²) < 4.78 is 6.43. The first-order chi connectivity index (χ1) is 20.0. The lowest BCUT2D eigenvalue weighted by Gasteiger charge is -2.49. The number of aromatic amines is 1. The molecule has 0 radical (unpaired) electrons. The number of benzene rings is 1. The molecule has 0 bridgehead atoms. The largest absolute Gasteiger partial charge is 0.361 e. The van der Waals surface area contributed by atoms with Gasteiger partial charge in [0, 0.05) is 42.1 Å². The molecule has 1 aromatic heterocycles. The van der Waals surface area contributed by atoms with Gasteiger partial charge in [-0.1, -0.05) is 45.9 Å². The molecule has 7 rings (SSSR count). The summed E-state index contributed by atoms with van der Waals surface area (Å²) in [6.07, 6.45) is 6.62. The molecule has 3 saturated heterocycles. The van der Waals surface area contributed by atoms with Gasteiger partial charge >= 0.3 is 0 Å². The first-order valence-electron chi connectivity index (χ1n) is 15.4. The third kappa shape index (κ3) is 3.70. The molecule has 5 aliphatic rings. The molecule has 3 amide bonds. The van der Waals surface area contributed by atoms with Crippen LogP contribution in [0, 0.1) is 17.8 Å². The SMILES string of the molecule is CC(C)C[C@H]1C(=O)N2CCC[C@H]2[C@]2(O)O[C@](NC(=O)C3C=C4c5cccc6[nH]cc(c56)CC4N(C)C3)(C(C)C)C(=O)N12. The van der Waals surface area contributed by atoms with Crippen molar-refractivity contribution < 1.29 is 24.2 Å². The number of ether oxygens (including phenoxy) is 1. The van der Waals surface area contributed by atoms with Gasteiger partial charge in [-0.15, -0.1) is 0 Å². The second-order valence-electron chi connectivity index (χ2n) is 13.6. The zero-order chi connectivity index (χ0) is 29.7. The van der Waals surface area contributed by atoms with Crippen molar-refractivity contribution in [3.63, 3.8) is 0 Å². The van der Waals surface area contributed by atoms with Crippen LogP contribution in [0.4, 0.5) is 0 Å². The van der Waals surface area contributed by atoms with Crippen LogP contribution in [0.1, 0.15) is 58.1 Å². The molecule has 0 saturated carbocycles. The lowest BCUT2D eigenvalue weighted by Crippen LogP contribution is -2.71. The predicted octanol–water partition coefficient (Wildman–Crippen LogP) is 2.43. The van der Waals surface area contributed by atoms with Gasteiger partial charge in [-0.2, -0.15) is 0 Å². The van der Waals surface area contributed by atoms with E-state index in [0.717, 1.165) is 29.5 Å². The summed E-state index contributed by atoms with van der Waals surface area (Å²) >= 11 is 0. The summed E-state index contributed by atoms with van der Waals surface area (Å²) in [6, 6.07) is 4.84. The minimum Gasteiger partial charge on any atom is -0.361 e. The maximum atomic E-state index is 14.4. The topological polar surface area (TPSA) is 118 Å². The molecule has 2 unspecified atom stereocenters. The lowest BCUT2D eigenvalue weighted by molar-refractivity contribution is -0.322. The molecule has 2 aromatic rings. The Kier molecular flexibility index (Phi) is 6.18. The minimum absolute atomic E-state index is 0.108. The number of carbonyl (C=O) groups is 3. The molecule has 6 atom stereocenters. The summed E-state index contributed by atoms with van der Waals surface area (Å²) in [4.78, 5) is 50.7. The van der Waals surface area contributed by atoms with Gasteiger partial charge in [-0.25, -0.2) is 0 Å². The van der Waals surface area contributed by atoms with E-state index in [1.807, 2.05) is 46.9 Å². The Labute approximate surface area is 246 Å². The monoisotopic (exact) mass is 575 g/mol. The van der Waals surface area contributed by atoms with E-state index in [-0.39, 0.29) is 23.8 Å². The maximum absolute atomic E-state index is 14.4. The van der Waals surface area contributed by atoms with Crippen molar-refractivity contribution in [2.75, 3.05) is 20.1 Å². The van der Waals surface area contributed by atoms with Crippen LogP contribution < -0.4 is 5.32 Å². The average molecular weight is 576 g/mol. The predicted molar refractivity (Wildman–Crippen MR) is 156 cm³/mol. The summed E-state index contributed by atoms with van der Waals surface area (Å²) in [5.41, 5.74) is 2.79. The Balaban J connectivity index is 1.24. The molecule has 10 heteroatoms. The number of H-pyrrole nitrogens is 1. The van der Waals surface area contributed by atoms with Gasteiger partial charge in [-0.05, 0) is 61.4 Å². The van der Waals surface area contributed by atoms with Crippen LogP contribution >= 0.6 is 0 Å². The van der Waals surface area contributed by atoms with Gasteiger partial charge in [0.05, 0.1) is 5.92 Å². The summed E-state index contributed by atoms with van der Waals surface area (Å²) in [5, 5.41) is 16.3. The molecule has 224 valence electrons. The second-order valence-corrected chi connectivity index (χ2v) is 13.6. The highest BCUT2D eigenvalue weighted by molar-refractivity contribution is 6.01. The summed E-state index contributed by atoms with van der Waals surface area (Å²) in [6.45, 7) is 8.60. The number of hydrogen-bond donors (Lipinski definition) is 3. The Morgan fingerprint density at radius 1 is 1.24 bits per heavy atom. The fraction of sp³-hybridized carbons (Fsp3) is 0.594. The van der Waals surface area contributed by atoms with Crippen LogP contribution in [0.25, 0.3) is 16.5 Å². The standard InChI is InChI=1S/C32H41N5O5/c1-17(2)12-25-29(39)36-11-7-10-26(36)32(41)37(25)30(40)31(42-32,18(3)4)34-28(38)20-13-22-21-8-6-9-23-27(21)19(15-33-23)14-24(22)35(5)16-20/h6,8-9,13,15,17-18,20,24-26,33,41H,7,10-12,14,16H2,1-5H3,(H,34,38)/t20?,24?,25-,26-,31+,32-/m0/s1. The Morgan fingerprint density at radius 3 is 2.76 bits per heavy atom. The molecule has 42 heavy (non-hydrogen) atoms. The van der Waals surface area contributed by atoms with E-state index in [4.69, 9.17) is 4.74 Å². The first-order valence-corrected chi connectivity index (χ1v) is 15.4. The van der Waals surface area contributed by atoms with Crippen molar-refractivity contribution in [3.8, 4) is 0 Å². The Morgan fingerprint density at radius 2 is 2.02 bits per heavy atom. The molecule has 5 heterocycles. The van der Waals surface area contributed by atoms with E-state index in [1.165, 1.54) is 15.8 Å². The maximum Gasteiger partial charge on any atom is 0.281 e. The molecule has 10 nitrogen and oxygen atoms in total. The van der Waals surface area contributed by atoms with Crippen molar-refractivity contribution in [2.24, 2.45) is 17.8 Å². The van der Waals surface area contributed by atoms with Gasteiger partial charge in [0.25, 0.3) is 11.8 Å². The van der Waals surface area contributed by atoms with Crippen LogP contribution in [0.15, 0.2) is 30.5 Å². The fourth-order valence-electron chi connectivity index (χ4n) is 8.10.